The molecule has 3 rings (SSSR count). The van der Waals surface area contributed by atoms with E-state index >= 15 is 0 Å². The molecule has 9 nitrogen and oxygen atoms in total. The Hall–Kier alpha value is -2.71. The predicted molar refractivity (Wildman–Crippen MR) is 92.7 cm³/mol. The van der Waals surface area contributed by atoms with Crippen molar-refractivity contribution in [2.24, 2.45) is 7.05 Å². The van der Waals surface area contributed by atoms with Crippen LogP contribution in [0, 0.1) is 0 Å². The van der Waals surface area contributed by atoms with Crippen molar-refractivity contribution in [2.45, 2.75) is 51.5 Å². The number of rotatable bonds is 4. The van der Waals surface area contributed by atoms with E-state index in [0.717, 1.165) is 23.8 Å². The van der Waals surface area contributed by atoms with Gasteiger partial charge in [0.25, 0.3) is 5.56 Å². The van der Waals surface area contributed by atoms with Crippen LogP contribution in [0.1, 0.15) is 62.3 Å². The normalized spacial score (nSPS) is 17.7. The van der Waals surface area contributed by atoms with Gasteiger partial charge in [0.05, 0.1) is 6.42 Å². The SMILES string of the molecule is CC(C)c1noc([C@@H]2CCCCN2C(=O)Cc2c[nH]c(=O)n(C)c2=O)n1. The van der Waals surface area contributed by atoms with Crippen LogP contribution >= 0.6 is 0 Å². The number of carbonyl (C=O) groups excluding carboxylic acids is 1. The molecule has 140 valence electrons. The van der Waals surface area contributed by atoms with Crippen molar-refractivity contribution in [1.82, 2.24) is 24.6 Å². The van der Waals surface area contributed by atoms with Crippen molar-refractivity contribution in [3.63, 3.8) is 0 Å². The van der Waals surface area contributed by atoms with Crippen LogP contribution in [-0.2, 0) is 18.3 Å². The van der Waals surface area contributed by atoms with Crippen molar-refractivity contribution in [3.05, 3.63) is 44.3 Å². The molecular formula is C17H23N5O4. The van der Waals surface area contributed by atoms with Crippen LogP contribution in [0.5, 0.6) is 0 Å². The zero-order valence-corrected chi connectivity index (χ0v) is 15.2. The summed E-state index contributed by atoms with van der Waals surface area (Å²) in [6.45, 7) is 4.53. The summed E-state index contributed by atoms with van der Waals surface area (Å²) in [6.07, 6.45) is 3.83. The van der Waals surface area contributed by atoms with E-state index in [-0.39, 0.29) is 29.9 Å². The molecule has 1 atom stereocenters. The lowest BCUT2D eigenvalue weighted by Crippen LogP contribution is -2.41. The predicted octanol–water partition coefficient (Wildman–Crippen LogP) is 0.876. The van der Waals surface area contributed by atoms with Crippen molar-refractivity contribution in [2.75, 3.05) is 6.54 Å². The van der Waals surface area contributed by atoms with Gasteiger partial charge in [0.2, 0.25) is 11.8 Å². The Morgan fingerprint density at radius 3 is 2.85 bits per heavy atom. The molecule has 1 aliphatic rings. The third-order valence-electron chi connectivity index (χ3n) is 4.68. The highest BCUT2D eigenvalue weighted by molar-refractivity contribution is 5.79. The third kappa shape index (κ3) is 3.47. The van der Waals surface area contributed by atoms with Crippen LogP contribution < -0.4 is 11.2 Å². The van der Waals surface area contributed by atoms with E-state index in [1.54, 1.807) is 4.90 Å². The Morgan fingerprint density at radius 2 is 2.15 bits per heavy atom. The zero-order valence-electron chi connectivity index (χ0n) is 15.2. The van der Waals surface area contributed by atoms with Crippen LogP contribution in [0.25, 0.3) is 0 Å². The maximum atomic E-state index is 12.8. The summed E-state index contributed by atoms with van der Waals surface area (Å²) in [7, 11) is 1.38. The third-order valence-corrected chi connectivity index (χ3v) is 4.68. The molecule has 2 aromatic rings. The summed E-state index contributed by atoms with van der Waals surface area (Å²) in [6, 6.07) is -0.275. The van der Waals surface area contributed by atoms with Crippen molar-refractivity contribution in [3.8, 4) is 0 Å². The number of amides is 1. The van der Waals surface area contributed by atoms with E-state index in [2.05, 4.69) is 15.1 Å². The van der Waals surface area contributed by atoms with E-state index in [0.29, 0.717) is 18.3 Å². The number of carbonyl (C=O) groups is 1. The Kier molecular flexibility index (Phi) is 5.06. The Labute approximate surface area is 150 Å². The molecule has 0 spiro atoms. The van der Waals surface area contributed by atoms with Crippen LogP contribution in [0.2, 0.25) is 0 Å². The molecule has 2 aromatic heterocycles. The van der Waals surface area contributed by atoms with Crippen molar-refractivity contribution < 1.29 is 9.32 Å². The van der Waals surface area contributed by atoms with Gasteiger partial charge >= 0.3 is 5.69 Å². The molecule has 0 saturated carbocycles. The van der Waals surface area contributed by atoms with Gasteiger partial charge in [0, 0.05) is 31.3 Å². The molecule has 0 radical (unpaired) electrons. The first-order valence-electron chi connectivity index (χ1n) is 8.79. The monoisotopic (exact) mass is 361 g/mol. The quantitative estimate of drug-likeness (QED) is 0.864. The van der Waals surface area contributed by atoms with E-state index in [1.807, 2.05) is 13.8 Å². The first kappa shape index (κ1) is 18.1. The molecule has 0 unspecified atom stereocenters. The van der Waals surface area contributed by atoms with Gasteiger partial charge in [-0.05, 0) is 19.3 Å². The minimum absolute atomic E-state index is 0.0782. The highest BCUT2D eigenvalue weighted by Gasteiger charge is 2.32. The maximum Gasteiger partial charge on any atom is 0.328 e. The van der Waals surface area contributed by atoms with E-state index in [1.165, 1.54) is 13.2 Å². The van der Waals surface area contributed by atoms with Crippen LogP contribution in [-0.4, -0.2) is 37.0 Å². The second-order valence-electron chi connectivity index (χ2n) is 6.90. The number of hydrogen-bond donors (Lipinski definition) is 1. The van der Waals surface area contributed by atoms with Crippen molar-refractivity contribution in [1.29, 1.82) is 0 Å². The van der Waals surface area contributed by atoms with Gasteiger partial charge in [-0.2, -0.15) is 4.98 Å². The maximum absolute atomic E-state index is 12.8. The zero-order chi connectivity index (χ0) is 18.8. The molecule has 0 aromatic carbocycles. The number of hydrogen-bond acceptors (Lipinski definition) is 6. The fourth-order valence-corrected chi connectivity index (χ4v) is 3.11. The van der Waals surface area contributed by atoms with Crippen LogP contribution in [0.3, 0.4) is 0 Å². The molecule has 0 bridgehead atoms. The minimum atomic E-state index is -0.505. The first-order chi connectivity index (χ1) is 12.4. The molecule has 26 heavy (non-hydrogen) atoms. The number of aromatic nitrogens is 4. The van der Waals surface area contributed by atoms with Gasteiger partial charge < -0.3 is 14.4 Å². The standard InChI is InChI=1S/C17H23N5O4/c1-10(2)14-19-15(26-20-14)12-6-4-5-7-22(12)13(23)8-11-9-18-17(25)21(3)16(11)24/h9-10,12H,4-8H2,1-3H3,(H,18,25)/t12-/m0/s1. The highest BCUT2D eigenvalue weighted by Crippen LogP contribution is 2.31. The molecule has 1 N–H and O–H groups in total. The minimum Gasteiger partial charge on any atom is -0.337 e. The number of piperidine rings is 1. The summed E-state index contributed by atoms with van der Waals surface area (Å²) < 4.78 is 6.35. The van der Waals surface area contributed by atoms with E-state index in [9.17, 15) is 14.4 Å². The summed E-state index contributed by atoms with van der Waals surface area (Å²) >= 11 is 0. The fourth-order valence-electron chi connectivity index (χ4n) is 3.11. The number of H-pyrrole nitrogens is 1. The first-order valence-corrected chi connectivity index (χ1v) is 8.79. The summed E-state index contributed by atoms with van der Waals surface area (Å²) in [5, 5.41) is 3.99. The van der Waals surface area contributed by atoms with Gasteiger partial charge in [-0.1, -0.05) is 19.0 Å². The molecule has 9 heteroatoms. The van der Waals surface area contributed by atoms with Crippen LogP contribution in [0.15, 0.2) is 20.3 Å². The largest absolute Gasteiger partial charge is 0.337 e. The molecule has 0 aliphatic carbocycles. The average Bonchev–Trinajstić information content (AvgIpc) is 3.12. The van der Waals surface area contributed by atoms with E-state index < -0.39 is 11.2 Å². The van der Waals surface area contributed by atoms with Crippen LogP contribution in [0.4, 0.5) is 0 Å². The Morgan fingerprint density at radius 1 is 1.38 bits per heavy atom. The topological polar surface area (TPSA) is 114 Å². The second-order valence-corrected chi connectivity index (χ2v) is 6.90. The van der Waals surface area contributed by atoms with Gasteiger partial charge in [0.1, 0.15) is 6.04 Å². The molecule has 1 aliphatic heterocycles. The smallest absolute Gasteiger partial charge is 0.328 e. The summed E-state index contributed by atoms with van der Waals surface area (Å²) in [5.41, 5.74) is -0.709. The summed E-state index contributed by atoms with van der Waals surface area (Å²) in [5.74, 6) is 1.01. The molecule has 3 heterocycles. The average molecular weight is 361 g/mol. The Balaban J connectivity index is 1.83. The van der Waals surface area contributed by atoms with Gasteiger partial charge in [-0.3, -0.25) is 14.2 Å². The Bertz CT molecular complexity index is 910. The summed E-state index contributed by atoms with van der Waals surface area (Å²) in [4.78, 5) is 45.1. The van der Waals surface area contributed by atoms with Gasteiger partial charge in [-0.15, -0.1) is 0 Å². The molecule has 1 amide bonds. The van der Waals surface area contributed by atoms with Gasteiger partial charge in [0.15, 0.2) is 5.82 Å². The molecule has 1 saturated heterocycles. The number of nitrogens with one attached hydrogen (secondary N) is 1. The number of nitrogens with zero attached hydrogens (tertiary/aromatic N) is 4. The van der Waals surface area contributed by atoms with Crippen molar-refractivity contribution >= 4 is 5.91 Å². The molecular weight excluding hydrogens is 338 g/mol. The second kappa shape index (κ2) is 7.27. The number of aromatic amines is 1. The highest BCUT2D eigenvalue weighted by atomic mass is 16.5. The van der Waals surface area contributed by atoms with E-state index in [4.69, 9.17) is 4.52 Å². The lowest BCUT2D eigenvalue weighted by Gasteiger charge is -2.33. The lowest BCUT2D eigenvalue weighted by atomic mass is 10.0. The fraction of sp³-hybridized carbons (Fsp3) is 0.588. The number of likely N-dealkylation sites (tertiary alicyclic amines) is 1. The lowest BCUT2D eigenvalue weighted by molar-refractivity contribution is -0.135. The molecule has 1 fully saturated rings. The van der Waals surface area contributed by atoms with Gasteiger partial charge in [-0.25, -0.2) is 4.79 Å².